The molecule has 2 aromatic carbocycles. The van der Waals surface area contributed by atoms with Crippen molar-refractivity contribution in [2.45, 2.75) is 38.6 Å². The summed E-state index contributed by atoms with van der Waals surface area (Å²) in [4.78, 5) is 11.8. The van der Waals surface area contributed by atoms with E-state index in [1.54, 1.807) is 19.9 Å². The van der Waals surface area contributed by atoms with Crippen LogP contribution in [0.2, 0.25) is 0 Å². The molecule has 146 valence electrons. The summed E-state index contributed by atoms with van der Waals surface area (Å²) >= 11 is 0. The Balaban J connectivity index is 2.08. The molecule has 0 radical (unpaired) electrons. The van der Waals surface area contributed by atoms with Crippen LogP contribution in [0.25, 0.3) is 0 Å². The molecule has 0 aromatic heterocycles. The molecule has 1 unspecified atom stereocenters. The summed E-state index contributed by atoms with van der Waals surface area (Å²) in [7, 11) is -2.54. The summed E-state index contributed by atoms with van der Waals surface area (Å²) in [6, 6.07) is 9.63. The molecule has 0 saturated carbocycles. The smallest absolute Gasteiger partial charge is 0.338 e. The standard InChI is InChI=1S/C20H25NO5S/c1-13-6-8-17(10-15(13)3)26-12-16(4)21-27(23,24)18-9-7-14(2)19(11-18)20(22)25-5/h6-11,16,21H,12H2,1-5H3. The first kappa shape index (κ1) is 20.9. The van der Waals surface area contributed by atoms with Gasteiger partial charge in [-0.05, 0) is 68.7 Å². The number of hydrogen-bond donors (Lipinski definition) is 1. The van der Waals surface area contributed by atoms with Crippen LogP contribution in [0.4, 0.5) is 0 Å². The van der Waals surface area contributed by atoms with Gasteiger partial charge in [-0.25, -0.2) is 17.9 Å². The number of methoxy groups -OCH3 is 1. The van der Waals surface area contributed by atoms with Gasteiger partial charge in [0.2, 0.25) is 10.0 Å². The van der Waals surface area contributed by atoms with Crippen molar-refractivity contribution in [2.24, 2.45) is 0 Å². The zero-order chi connectivity index (χ0) is 20.2. The maximum Gasteiger partial charge on any atom is 0.338 e. The Kier molecular flexibility index (Phi) is 6.62. The van der Waals surface area contributed by atoms with Gasteiger partial charge in [0, 0.05) is 0 Å². The minimum atomic E-state index is -3.80. The minimum absolute atomic E-state index is 0.00605. The van der Waals surface area contributed by atoms with Crippen molar-refractivity contribution in [2.75, 3.05) is 13.7 Å². The van der Waals surface area contributed by atoms with Crippen molar-refractivity contribution in [1.82, 2.24) is 4.72 Å². The lowest BCUT2D eigenvalue weighted by atomic mass is 10.1. The number of carbonyl (C=O) groups is 1. The number of aryl methyl sites for hydroxylation is 3. The molecule has 2 rings (SSSR count). The Bertz CT molecular complexity index is 937. The van der Waals surface area contributed by atoms with Gasteiger partial charge < -0.3 is 9.47 Å². The van der Waals surface area contributed by atoms with Crippen LogP contribution in [0.5, 0.6) is 5.75 Å². The molecular weight excluding hydrogens is 366 g/mol. The van der Waals surface area contributed by atoms with Gasteiger partial charge in [0.15, 0.2) is 0 Å². The predicted octanol–water partition coefficient (Wildman–Crippen LogP) is 3.14. The van der Waals surface area contributed by atoms with E-state index in [-0.39, 0.29) is 17.1 Å². The Morgan fingerprint density at radius 2 is 1.70 bits per heavy atom. The maximum absolute atomic E-state index is 12.6. The van der Waals surface area contributed by atoms with E-state index in [0.29, 0.717) is 11.3 Å². The number of carbonyl (C=O) groups excluding carboxylic acids is 1. The quantitative estimate of drug-likeness (QED) is 0.733. The Morgan fingerprint density at radius 3 is 2.33 bits per heavy atom. The zero-order valence-electron chi connectivity index (χ0n) is 16.2. The van der Waals surface area contributed by atoms with E-state index < -0.39 is 22.0 Å². The highest BCUT2D eigenvalue weighted by Gasteiger charge is 2.20. The van der Waals surface area contributed by atoms with Crippen LogP contribution in [0.1, 0.15) is 34.0 Å². The Labute approximate surface area is 160 Å². The lowest BCUT2D eigenvalue weighted by Gasteiger charge is -2.16. The highest BCUT2D eigenvalue weighted by molar-refractivity contribution is 7.89. The third-order valence-electron chi connectivity index (χ3n) is 4.26. The van der Waals surface area contributed by atoms with Crippen LogP contribution >= 0.6 is 0 Å². The molecule has 7 heteroatoms. The number of rotatable bonds is 7. The van der Waals surface area contributed by atoms with Gasteiger partial charge in [-0.1, -0.05) is 12.1 Å². The summed E-state index contributed by atoms with van der Waals surface area (Å²) in [6.07, 6.45) is 0. The first-order chi connectivity index (χ1) is 12.6. The lowest BCUT2D eigenvalue weighted by Crippen LogP contribution is -2.36. The molecule has 0 aliphatic carbocycles. The van der Waals surface area contributed by atoms with Gasteiger partial charge >= 0.3 is 5.97 Å². The molecule has 0 spiro atoms. The molecule has 0 aliphatic heterocycles. The van der Waals surface area contributed by atoms with E-state index in [1.807, 2.05) is 32.0 Å². The van der Waals surface area contributed by atoms with Gasteiger partial charge in [0.1, 0.15) is 12.4 Å². The van der Waals surface area contributed by atoms with E-state index in [9.17, 15) is 13.2 Å². The fourth-order valence-corrected chi connectivity index (χ4v) is 3.74. The summed E-state index contributed by atoms with van der Waals surface area (Å²) in [5, 5.41) is 0. The van der Waals surface area contributed by atoms with Gasteiger partial charge in [-0.2, -0.15) is 0 Å². The average Bonchev–Trinajstić information content (AvgIpc) is 2.62. The Hall–Kier alpha value is -2.38. The first-order valence-corrected chi connectivity index (χ1v) is 10.0. The summed E-state index contributed by atoms with van der Waals surface area (Å²) in [5.41, 5.74) is 3.14. The molecule has 1 N–H and O–H groups in total. The van der Waals surface area contributed by atoms with E-state index in [2.05, 4.69) is 4.72 Å². The minimum Gasteiger partial charge on any atom is -0.492 e. The lowest BCUT2D eigenvalue weighted by molar-refractivity contribution is 0.0599. The third-order valence-corrected chi connectivity index (χ3v) is 5.85. The average molecular weight is 391 g/mol. The highest BCUT2D eigenvalue weighted by atomic mass is 32.2. The second-order valence-corrected chi connectivity index (χ2v) is 8.26. The van der Waals surface area contributed by atoms with Crippen molar-refractivity contribution in [3.05, 3.63) is 58.7 Å². The van der Waals surface area contributed by atoms with Gasteiger partial charge in [-0.15, -0.1) is 0 Å². The molecule has 0 aliphatic rings. The predicted molar refractivity (Wildman–Crippen MR) is 104 cm³/mol. The van der Waals surface area contributed by atoms with Crippen LogP contribution in [0.15, 0.2) is 41.3 Å². The number of sulfonamides is 1. The van der Waals surface area contributed by atoms with E-state index in [1.165, 1.54) is 19.2 Å². The monoisotopic (exact) mass is 391 g/mol. The van der Waals surface area contributed by atoms with Gasteiger partial charge in [0.25, 0.3) is 0 Å². The molecule has 0 heterocycles. The fraction of sp³-hybridized carbons (Fsp3) is 0.350. The van der Waals surface area contributed by atoms with Crippen molar-refractivity contribution < 1.29 is 22.7 Å². The third kappa shape index (κ3) is 5.30. The molecule has 1 atom stereocenters. The topological polar surface area (TPSA) is 81.7 Å². The van der Waals surface area contributed by atoms with Crippen LogP contribution in [0.3, 0.4) is 0 Å². The number of hydrogen-bond acceptors (Lipinski definition) is 5. The summed E-state index contributed by atoms with van der Waals surface area (Å²) in [6.45, 7) is 7.62. The Morgan fingerprint density at radius 1 is 1.04 bits per heavy atom. The second kappa shape index (κ2) is 8.54. The molecule has 0 bridgehead atoms. The van der Waals surface area contributed by atoms with Gasteiger partial charge in [-0.3, -0.25) is 0 Å². The largest absolute Gasteiger partial charge is 0.492 e. The van der Waals surface area contributed by atoms with Crippen molar-refractivity contribution in [3.63, 3.8) is 0 Å². The normalized spacial score (nSPS) is 12.5. The maximum atomic E-state index is 12.6. The van der Waals surface area contributed by atoms with Gasteiger partial charge in [0.05, 0.1) is 23.6 Å². The second-order valence-electron chi connectivity index (χ2n) is 6.55. The molecule has 0 amide bonds. The van der Waals surface area contributed by atoms with Crippen LogP contribution in [-0.2, 0) is 14.8 Å². The molecular formula is C20H25NO5S. The van der Waals surface area contributed by atoms with E-state index in [4.69, 9.17) is 9.47 Å². The summed E-state index contributed by atoms with van der Waals surface area (Å²) in [5.74, 6) is 0.114. The molecule has 0 fully saturated rings. The number of nitrogens with one attached hydrogen (secondary N) is 1. The molecule has 0 saturated heterocycles. The zero-order valence-corrected chi connectivity index (χ0v) is 17.0. The number of esters is 1. The van der Waals surface area contributed by atoms with E-state index in [0.717, 1.165) is 11.1 Å². The van der Waals surface area contributed by atoms with Crippen molar-refractivity contribution >= 4 is 16.0 Å². The fourth-order valence-electron chi connectivity index (χ4n) is 2.49. The van der Waals surface area contributed by atoms with E-state index >= 15 is 0 Å². The highest BCUT2D eigenvalue weighted by Crippen LogP contribution is 2.18. The first-order valence-electron chi connectivity index (χ1n) is 8.55. The van der Waals surface area contributed by atoms with Crippen LogP contribution < -0.4 is 9.46 Å². The summed E-state index contributed by atoms with van der Waals surface area (Å²) < 4.78 is 38.2. The van der Waals surface area contributed by atoms with Crippen molar-refractivity contribution in [1.29, 1.82) is 0 Å². The SMILES string of the molecule is COC(=O)c1cc(S(=O)(=O)NC(C)COc2ccc(C)c(C)c2)ccc1C. The van der Waals surface area contributed by atoms with Crippen LogP contribution in [-0.4, -0.2) is 34.1 Å². The molecule has 6 nitrogen and oxygen atoms in total. The number of benzene rings is 2. The molecule has 27 heavy (non-hydrogen) atoms. The van der Waals surface area contributed by atoms with Crippen LogP contribution in [0, 0.1) is 20.8 Å². The molecule has 2 aromatic rings. The number of ether oxygens (including phenoxy) is 2. The van der Waals surface area contributed by atoms with Crippen molar-refractivity contribution in [3.8, 4) is 5.75 Å².